The highest BCUT2D eigenvalue weighted by molar-refractivity contribution is 5.95. The number of nitrogens with two attached hydrogens (primary N) is 1. The first-order valence-electron chi connectivity index (χ1n) is 6.80. The van der Waals surface area contributed by atoms with E-state index >= 15 is 0 Å². The first kappa shape index (κ1) is 15.6. The molecule has 1 aliphatic heterocycles. The fraction of sp³-hybridized carbons (Fsp3) is 0.312. The molecule has 3 rings (SSSR count). The van der Waals surface area contributed by atoms with E-state index in [-0.39, 0.29) is 30.3 Å². The third-order valence-electron chi connectivity index (χ3n) is 3.97. The minimum Gasteiger partial charge on any atom is -0.469 e. The maximum absolute atomic E-state index is 12.5. The number of aryl methyl sites for hydroxylation is 1. The van der Waals surface area contributed by atoms with Crippen LogP contribution in [0.15, 0.2) is 47.1 Å². The number of likely N-dealkylation sites (tertiary alicyclic amines) is 1. The van der Waals surface area contributed by atoms with Crippen molar-refractivity contribution >= 4 is 18.3 Å². The van der Waals surface area contributed by atoms with Crippen LogP contribution in [0.1, 0.15) is 27.6 Å². The van der Waals surface area contributed by atoms with E-state index in [1.807, 2.05) is 23.1 Å². The molecule has 0 spiro atoms. The molecule has 5 heteroatoms. The van der Waals surface area contributed by atoms with Gasteiger partial charge in [0.2, 0.25) is 0 Å². The summed E-state index contributed by atoms with van der Waals surface area (Å²) in [5.74, 6) is 0.865. The monoisotopic (exact) mass is 306 g/mol. The Labute approximate surface area is 130 Å². The summed E-state index contributed by atoms with van der Waals surface area (Å²) in [7, 11) is 0. The van der Waals surface area contributed by atoms with Crippen LogP contribution in [0.4, 0.5) is 0 Å². The standard InChI is InChI=1S/C16H18N2O2.ClH/c1-11-13(7-8-20-11)16(19)18-9-14(15(17)10-18)12-5-3-2-4-6-12;/h2-8,14-15H,9-10,17H2,1H3;1H/t14-,15+;/m0./s1. The summed E-state index contributed by atoms with van der Waals surface area (Å²) in [5, 5.41) is 0. The number of carbonyl (C=O) groups is 1. The molecule has 0 aliphatic carbocycles. The average Bonchev–Trinajstić information content (AvgIpc) is 3.05. The molecule has 2 N–H and O–H groups in total. The van der Waals surface area contributed by atoms with E-state index in [4.69, 9.17) is 10.2 Å². The van der Waals surface area contributed by atoms with E-state index in [0.717, 1.165) is 0 Å². The summed E-state index contributed by atoms with van der Waals surface area (Å²) in [6.07, 6.45) is 1.55. The van der Waals surface area contributed by atoms with Crippen LogP contribution in [0, 0.1) is 6.92 Å². The Bertz CT molecular complexity index is 612. The Morgan fingerprint density at radius 3 is 2.57 bits per heavy atom. The van der Waals surface area contributed by atoms with Gasteiger partial charge in [0.15, 0.2) is 0 Å². The number of halogens is 1. The van der Waals surface area contributed by atoms with Crippen LogP contribution in [0.3, 0.4) is 0 Å². The fourth-order valence-electron chi connectivity index (χ4n) is 2.82. The SMILES string of the molecule is Cc1occc1C(=O)N1C[C@@H](N)[C@H](c2ccccc2)C1.Cl. The van der Waals surface area contributed by atoms with Crippen molar-refractivity contribution < 1.29 is 9.21 Å². The third kappa shape index (κ3) is 2.96. The van der Waals surface area contributed by atoms with Crippen molar-refractivity contribution in [2.24, 2.45) is 5.73 Å². The van der Waals surface area contributed by atoms with Gasteiger partial charge in [-0.15, -0.1) is 12.4 Å². The summed E-state index contributed by atoms with van der Waals surface area (Å²) in [4.78, 5) is 14.3. The zero-order valence-electron chi connectivity index (χ0n) is 11.9. The molecule has 0 radical (unpaired) electrons. The molecule has 21 heavy (non-hydrogen) atoms. The smallest absolute Gasteiger partial charge is 0.257 e. The highest BCUT2D eigenvalue weighted by atomic mass is 35.5. The Balaban J connectivity index is 0.00000161. The molecule has 112 valence electrons. The third-order valence-corrected chi connectivity index (χ3v) is 3.97. The largest absolute Gasteiger partial charge is 0.469 e. The van der Waals surface area contributed by atoms with E-state index in [0.29, 0.717) is 24.4 Å². The van der Waals surface area contributed by atoms with Gasteiger partial charge in [-0.2, -0.15) is 0 Å². The summed E-state index contributed by atoms with van der Waals surface area (Å²) < 4.78 is 5.20. The van der Waals surface area contributed by atoms with E-state index in [1.54, 1.807) is 19.3 Å². The Morgan fingerprint density at radius 2 is 1.95 bits per heavy atom. The van der Waals surface area contributed by atoms with Gasteiger partial charge >= 0.3 is 0 Å². The van der Waals surface area contributed by atoms with Crippen LogP contribution in [-0.4, -0.2) is 29.9 Å². The van der Waals surface area contributed by atoms with Crippen LogP contribution in [-0.2, 0) is 0 Å². The fourth-order valence-corrected chi connectivity index (χ4v) is 2.82. The maximum Gasteiger partial charge on any atom is 0.257 e. The van der Waals surface area contributed by atoms with E-state index in [9.17, 15) is 4.79 Å². The van der Waals surface area contributed by atoms with E-state index in [1.165, 1.54) is 5.56 Å². The van der Waals surface area contributed by atoms with Crippen molar-refractivity contribution in [3.63, 3.8) is 0 Å². The van der Waals surface area contributed by atoms with Crippen molar-refractivity contribution in [1.29, 1.82) is 0 Å². The second-order valence-electron chi connectivity index (χ2n) is 5.28. The molecule has 1 aliphatic rings. The molecule has 1 saturated heterocycles. The molecule has 1 aromatic carbocycles. The molecule has 0 unspecified atom stereocenters. The first-order valence-corrected chi connectivity index (χ1v) is 6.80. The minimum absolute atomic E-state index is 0. The average molecular weight is 307 g/mol. The predicted molar refractivity (Wildman–Crippen MR) is 83.8 cm³/mol. The second kappa shape index (κ2) is 6.33. The van der Waals surface area contributed by atoms with Crippen LogP contribution in [0.25, 0.3) is 0 Å². The lowest BCUT2D eigenvalue weighted by atomic mass is 9.95. The molecule has 0 bridgehead atoms. The molecule has 2 aromatic rings. The lowest BCUT2D eigenvalue weighted by molar-refractivity contribution is 0.0787. The topological polar surface area (TPSA) is 59.5 Å². The number of rotatable bonds is 2. The Hall–Kier alpha value is -1.78. The highest BCUT2D eigenvalue weighted by Gasteiger charge is 2.34. The van der Waals surface area contributed by atoms with Gasteiger partial charge in [0.25, 0.3) is 5.91 Å². The second-order valence-corrected chi connectivity index (χ2v) is 5.28. The number of nitrogens with zero attached hydrogens (tertiary/aromatic N) is 1. The number of furan rings is 1. The normalized spacial score (nSPS) is 21.1. The van der Waals surface area contributed by atoms with Gasteiger partial charge < -0.3 is 15.1 Å². The molecule has 4 nitrogen and oxygen atoms in total. The van der Waals surface area contributed by atoms with Crippen LogP contribution in [0.5, 0.6) is 0 Å². The lowest BCUT2D eigenvalue weighted by Crippen LogP contribution is -2.32. The minimum atomic E-state index is -0.0199. The lowest BCUT2D eigenvalue weighted by Gasteiger charge is -2.16. The molecule has 0 saturated carbocycles. The van der Waals surface area contributed by atoms with Gasteiger partial charge in [-0.25, -0.2) is 0 Å². The summed E-state index contributed by atoms with van der Waals surface area (Å²) in [6.45, 7) is 3.05. The molecule has 1 amide bonds. The first-order chi connectivity index (χ1) is 9.66. The van der Waals surface area contributed by atoms with Crippen LogP contribution in [0.2, 0.25) is 0 Å². The molecule has 2 heterocycles. The van der Waals surface area contributed by atoms with Gasteiger partial charge in [-0.05, 0) is 18.6 Å². The van der Waals surface area contributed by atoms with Crippen molar-refractivity contribution in [2.75, 3.05) is 13.1 Å². The number of hydrogen-bond donors (Lipinski definition) is 1. The Morgan fingerprint density at radius 1 is 1.24 bits per heavy atom. The number of amides is 1. The van der Waals surface area contributed by atoms with Gasteiger partial charge in [0.1, 0.15) is 5.76 Å². The molecular formula is C16H19ClN2O2. The number of hydrogen-bond acceptors (Lipinski definition) is 3. The molecule has 2 atom stereocenters. The molecule has 1 fully saturated rings. The molecular weight excluding hydrogens is 288 g/mol. The quantitative estimate of drug-likeness (QED) is 0.927. The summed E-state index contributed by atoms with van der Waals surface area (Å²) in [6, 6.07) is 11.8. The number of carbonyl (C=O) groups excluding carboxylic acids is 1. The Kier molecular flexibility index (Phi) is 4.70. The van der Waals surface area contributed by atoms with Crippen molar-refractivity contribution in [3.8, 4) is 0 Å². The summed E-state index contributed by atoms with van der Waals surface area (Å²) in [5.41, 5.74) is 8.04. The van der Waals surface area contributed by atoms with Gasteiger partial charge in [-0.1, -0.05) is 30.3 Å². The van der Waals surface area contributed by atoms with E-state index in [2.05, 4.69) is 12.1 Å². The maximum atomic E-state index is 12.5. The zero-order chi connectivity index (χ0) is 14.1. The van der Waals surface area contributed by atoms with Gasteiger partial charge in [0.05, 0.1) is 11.8 Å². The van der Waals surface area contributed by atoms with Gasteiger partial charge in [-0.3, -0.25) is 4.79 Å². The van der Waals surface area contributed by atoms with E-state index < -0.39 is 0 Å². The highest BCUT2D eigenvalue weighted by Crippen LogP contribution is 2.27. The van der Waals surface area contributed by atoms with Gasteiger partial charge in [0, 0.05) is 25.0 Å². The van der Waals surface area contributed by atoms with Crippen molar-refractivity contribution in [2.45, 2.75) is 18.9 Å². The number of benzene rings is 1. The van der Waals surface area contributed by atoms with Crippen LogP contribution >= 0.6 is 12.4 Å². The molecule has 1 aromatic heterocycles. The summed E-state index contributed by atoms with van der Waals surface area (Å²) >= 11 is 0. The zero-order valence-corrected chi connectivity index (χ0v) is 12.7. The van der Waals surface area contributed by atoms with Crippen LogP contribution < -0.4 is 5.73 Å². The predicted octanol–water partition coefficient (Wildman–Crippen LogP) is 2.58. The van der Waals surface area contributed by atoms with Crippen molar-refractivity contribution in [1.82, 2.24) is 4.90 Å². The van der Waals surface area contributed by atoms with Crippen molar-refractivity contribution in [3.05, 3.63) is 59.5 Å².